The number of para-hydroxylation sites is 1. The molecule has 0 aromatic heterocycles. The van der Waals surface area contributed by atoms with Gasteiger partial charge in [0.1, 0.15) is 18.3 Å². The third-order valence-corrected chi connectivity index (χ3v) is 4.00. The van der Waals surface area contributed by atoms with E-state index in [0.29, 0.717) is 19.1 Å². The number of piperidine rings is 1. The van der Waals surface area contributed by atoms with Crippen LogP contribution in [0.15, 0.2) is 24.3 Å². The van der Waals surface area contributed by atoms with Crippen LogP contribution in [0.5, 0.6) is 5.75 Å². The van der Waals surface area contributed by atoms with Crippen LogP contribution in [-0.2, 0) is 4.79 Å². The summed E-state index contributed by atoms with van der Waals surface area (Å²) in [7, 11) is 0. The summed E-state index contributed by atoms with van der Waals surface area (Å²) in [5, 5.41) is 0. The molecule has 1 aromatic rings. The van der Waals surface area contributed by atoms with E-state index in [0.717, 1.165) is 24.3 Å². The Morgan fingerprint density at radius 1 is 1.37 bits per heavy atom. The lowest BCUT2D eigenvalue weighted by molar-refractivity contribution is -0.135. The van der Waals surface area contributed by atoms with E-state index in [1.165, 1.54) is 0 Å². The highest BCUT2D eigenvalue weighted by atomic mass is 16.5. The van der Waals surface area contributed by atoms with Gasteiger partial charge in [0.05, 0.1) is 0 Å². The number of hydrogen-bond donors (Lipinski definition) is 1. The molecule has 2 aliphatic rings. The van der Waals surface area contributed by atoms with Crippen molar-refractivity contribution in [2.24, 2.45) is 11.7 Å². The predicted molar refractivity (Wildman–Crippen MR) is 73.0 cm³/mol. The average molecular weight is 260 g/mol. The molecule has 1 saturated heterocycles. The number of benzene rings is 1. The van der Waals surface area contributed by atoms with E-state index >= 15 is 0 Å². The maximum atomic E-state index is 12.6. The van der Waals surface area contributed by atoms with Crippen LogP contribution >= 0.6 is 0 Å². The average Bonchev–Trinajstić information content (AvgIpc) is 2.80. The van der Waals surface area contributed by atoms with Crippen LogP contribution in [0.3, 0.4) is 0 Å². The van der Waals surface area contributed by atoms with Crippen LogP contribution in [0.4, 0.5) is 0 Å². The smallest absolute Gasteiger partial charge is 0.233 e. The molecular formula is C15H20N2O2. The van der Waals surface area contributed by atoms with Crippen molar-refractivity contribution in [3.05, 3.63) is 29.8 Å². The first-order valence-corrected chi connectivity index (χ1v) is 6.91. The summed E-state index contributed by atoms with van der Waals surface area (Å²) in [6, 6.07) is 7.90. The number of amides is 1. The van der Waals surface area contributed by atoms with Gasteiger partial charge in [0, 0.05) is 24.7 Å². The van der Waals surface area contributed by atoms with E-state index < -0.39 is 0 Å². The summed E-state index contributed by atoms with van der Waals surface area (Å²) in [4.78, 5) is 14.6. The van der Waals surface area contributed by atoms with Crippen LogP contribution < -0.4 is 10.5 Å². The first kappa shape index (κ1) is 12.5. The fourth-order valence-electron chi connectivity index (χ4n) is 3.17. The van der Waals surface area contributed by atoms with Gasteiger partial charge in [0.15, 0.2) is 0 Å². The Balaban J connectivity index is 1.78. The molecular weight excluding hydrogens is 240 g/mol. The number of hydrogen-bond acceptors (Lipinski definition) is 3. The zero-order valence-corrected chi connectivity index (χ0v) is 11.2. The quantitative estimate of drug-likeness (QED) is 0.829. The Kier molecular flexibility index (Phi) is 3.19. The van der Waals surface area contributed by atoms with Gasteiger partial charge in [0.25, 0.3) is 0 Å². The van der Waals surface area contributed by atoms with Gasteiger partial charge in [-0.05, 0) is 18.4 Å². The van der Waals surface area contributed by atoms with Crippen LogP contribution in [-0.4, -0.2) is 36.5 Å². The molecule has 0 radical (unpaired) electrons. The molecule has 4 nitrogen and oxygen atoms in total. The van der Waals surface area contributed by atoms with E-state index in [1.807, 2.05) is 29.2 Å². The van der Waals surface area contributed by atoms with Crippen molar-refractivity contribution < 1.29 is 9.53 Å². The molecule has 2 aliphatic heterocycles. The number of rotatable bonds is 1. The van der Waals surface area contributed by atoms with Gasteiger partial charge in [0.2, 0.25) is 5.91 Å². The van der Waals surface area contributed by atoms with E-state index in [-0.39, 0.29) is 17.9 Å². The number of likely N-dealkylation sites (tertiary alicyclic amines) is 1. The molecule has 2 heterocycles. The van der Waals surface area contributed by atoms with Crippen molar-refractivity contribution in [3.8, 4) is 5.75 Å². The molecule has 0 spiro atoms. The monoisotopic (exact) mass is 260 g/mol. The lowest BCUT2D eigenvalue weighted by Crippen LogP contribution is -2.50. The normalized spacial score (nSPS) is 29.8. The summed E-state index contributed by atoms with van der Waals surface area (Å²) < 4.78 is 5.60. The molecule has 3 atom stereocenters. The standard InChI is InChI=1S/C15H20N2O2/c1-10-6-11(16)8-17(7-10)15(18)13-9-19-14-5-3-2-4-12(13)14/h2-5,10-11,13H,6-9,16H2,1H3. The lowest BCUT2D eigenvalue weighted by Gasteiger charge is -2.36. The van der Waals surface area contributed by atoms with Gasteiger partial charge in [-0.1, -0.05) is 25.1 Å². The highest BCUT2D eigenvalue weighted by Gasteiger charge is 2.35. The van der Waals surface area contributed by atoms with Crippen molar-refractivity contribution in [1.82, 2.24) is 4.90 Å². The minimum absolute atomic E-state index is 0.102. The molecule has 4 heteroatoms. The lowest BCUT2D eigenvalue weighted by atomic mass is 9.93. The van der Waals surface area contributed by atoms with Gasteiger partial charge in [-0.2, -0.15) is 0 Å². The minimum atomic E-state index is -0.159. The summed E-state index contributed by atoms with van der Waals surface area (Å²) in [6.45, 7) is 4.09. The predicted octanol–water partition coefficient (Wildman–Crippen LogP) is 1.36. The minimum Gasteiger partial charge on any atom is -0.492 e. The summed E-state index contributed by atoms with van der Waals surface area (Å²) in [5.41, 5.74) is 7.03. The van der Waals surface area contributed by atoms with E-state index in [9.17, 15) is 4.79 Å². The third kappa shape index (κ3) is 2.32. The van der Waals surface area contributed by atoms with Crippen LogP contribution in [0.25, 0.3) is 0 Å². The first-order valence-electron chi connectivity index (χ1n) is 6.91. The number of nitrogens with two attached hydrogens (primary N) is 1. The third-order valence-electron chi connectivity index (χ3n) is 4.00. The van der Waals surface area contributed by atoms with Gasteiger partial charge in [-0.25, -0.2) is 0 Å². The molecule has 102 valence electrons. The molecule has 3 unspecified atom stereocenters. The van der Waals surface area contributed by atoms with Crippen LogP contribution in [0.1, 0.15) is 24.8 Å². The Morgan fingerprint density at radius 3 is 2.95 bits per heavy atom. The van der Waals surface area contributed by atoms with Crippen molar-refractivity contribution >= 4 is 5.91 Å². The van der Waals surface area contributed by atoms with Crippen LogP contribution in [0, 0.1) is 5.92 Å². The number of fused-ring (bicyclic) bond motifs is 1. The van der Waals surface area contributed by atoms with E-state index in [4.69, 9.17) is 10.5 Å². The van der Waals surface area contributed by atoms with E-state index in [1.54, 1.807) is 0 Å². The van der Waals surface area contributed by atoms with Crippen molar-refractivity contribution in [3.63, 3.8) is 0 Å². The van der Waals surface area contributed by atoms with Crippen molar-refractivity contribution in [1.29, 1.82) is 0 Å². The fraction of sp³-hybridized carbons (Fsp3) is 0.533. The second-order valence-electron chi connectivity index (χ2n) is 5.75. The summed E-state index contributed by atoms with van der Waals surface area (Å²) >= 11 is 0. The van der Waals surface area contributed by atoms with E-state index in [2.05, 4.69) is 6.92 Å². The SMILES string of the molecule is CC1CC(N)CN(C(=O)C2COc3ccccc32)C1. The van der Waals surface area contributed by atoms with Crippen LogP contribution in [0.2, 0.25) is 0 Å². The number of carbonyl (C=O) groups excluding carboxylic acids is 1. The largest absolute Gasteiger partial charge is 0.492 e. The number of ether oxygens (including phenoxy) is 1. The Labute approximate surface area is 113 Å². The fourth-order valence-corrected chi connectivity index (χ4v) is 3.17. The van der Waals surface area contributed by atoms with Gasteiger partial charge >= 0.3 is 0 Å². The second kappa shape index (κ2) is 4.85. The zero-order valence-electron chi connectivity index (χ0n) is 11.2. The highest BCUT2D eigenvalue weighted by molar-refractivity contribution is 5.85. The topological polar surface area (TPSA) is 55.6 Å². The maximum absolute atomic E-state index is 12.6. The van der Waals surface area contributed by atoms with Crippen molar-refractivity contribution in [2.45, 2.75) is 25.3 Å². The molecule has 0 aliphatic carbocycles. The summed E-state index contributed by atoms with van der Waals surface area (Å²) in [5.74, 6) is 1.32. The Morgan fingerprint density at radius 2 is 2.16 bits per heavy atom. The zero-order chi connectivity index (χ0) is 13.4. The molecule has 19 heavy (non-hydrogen) atoms. The number of carbonyl (C=O) groups is 1. The molecule has 3 rings (SSSR count). The summed E-state index contributed by atoms with van der Waals surface area (Å²) in [6.07, 6.45) is 1.00. The molecule has 1 aromatic carbocycles. The van der Waals surface area contributed by atoms with Crippen molar-refractivity contribution in [2.75, 3.05) is 19.7 Å². The molecule has 2 N–H and O–H groups in total. The maximum Gasteiger partial charge on any atom is 0.233 e. The second-order valence-corrected chi connectivity index (χ2v) is 5.75. The Bertz CT molecular complexity index is 479. The molecule has 1 amide bonds. The Hall–Kier alpha value is -1.55. The van der Waals surface area contributed by atoms with Gasteiger partial charge < -0.3 is 15.4 Å². The highest BCUT2D eigenvalue weighted by Crippen LogP contribution is 2.35. The van der Waals surface area contributed by atoms with Gasteiger partial charge in [-0.3, -0.25) is 4.79 Å². The molecule has 0 bridgehead atoms. The first-order chi connectivity index (χ1) is 9.15. The van der Waals surface area contributed by atoms with Gasteiger partial charge in [-0.15, -0.1) is 0 Å². The molecule has 0 saturated carbocycles. The molecule has 1 fully saturated rings. The number of nitrogens with zero attached hydrogens (tertiary/aromatic N) is 1.